The topological polar surface area (TPSA) is 57.2 Å². The van der Waals surface area contributed by atoms with Crippen LogP contribution in [0.5, 0.6) is 0 Å². The van der Waals surface area contributed by atoms with Gasteiger partial charge < -0.3 is 15.0 Å². The van der Waals surface area contributed by atoms with Crippen LogP contribution in [0.15, 0.2) is 4.99 Å². The number of hydrogen-bond donors (Lipinski definition) is 1. The van der Waals surface area contributed by atoms with Gasteiger partial charge in [0.05, 0.1) is 19.1 Å². The molecule has 1 saturated heterocycles. The van der Waals surface area contributed by atoms with Crippen LogP contribution in [-0.2, 0) is 9.53 Å². The number of aliphatic imine (C=N–C) groups is 1. The van der Waals surface area contributed by atoms with Crippen molar-refractivity contribution in [2.75, 3.05) is 39.3 Å². The Labute approximate surface area is 176 Å². The largest absolute Gasteiger partial charge is 0.466 e. The lowest BCUT2D eigenvalue weighted by atomic mass is 9.98. The number of esters is 1. The molecule has 0 aromatic carbocycles. The van der Waals surface area contributed by atoms with Gasteiger partial charge in [-0.25, -0.2) is 0 Å². The minimum atomic E-state index is -0.0669. The van der Waals surface area contributed by atoms with Crippen molar-refractivity contribution >= 4 is 35.9 Å². The second-order valence-corrected chi connectivity index (χ2v) is 7.34. The second kappa shape index (κ2) is 12.0. The number of hydrogen-bond acceptors (Lipinski definition) is 4. The third kappa shape index (κ3) is 7.21. The molecule has 2 aliphatic rings. The summed E-state index contributed by atoms with van der Waals surface area (Å²) in [5, 5.41) is 3.40. The van der Waals surface area contributed by atoms with Crippen molar-refractivity contribution in [1.29, 1.82) is 0 Å². The molecule has 2 fully saturated rings. The summed E-state index contributed by atoms with van der Waals surface area (Å²) in [5.74, 6) is 0.843. The molecule has 1 aliphatic heterocycles. The van der Waals surface area contributed by atoms with Crippen LogP contribution in [0.3, 0.4) is 0 Å². The van der Waals surface area contributed by atoms with Crippen LogP contribution in [0.4, 0.5) is 0 Å². The smallest absolute Gasteiger partial charge is 0.310 e. The van der Waals surface area contributed by atoms with Crippen LogP contribution in [0, 0.1) is 5.92 Å². The van der Waals surface area contributed by atoms with Crippen LogP contribution in [0.25, 0.3) is 0 Å². The van der Waals surface area contributed by atoms with E-state index >= 15 is 0 Å². The van der Waals surface area contributed by atoms with E-state index in [4.69, 9.17) is 9.73 Å². The van der Waals surface area contributed by atoms with Gasteiger partial charge in [-0.3, -0.25) is 14.7 Å². The van der Waals surface area contributed by atoms with E-state index in [1.807, 2.05) is 6.92 Å². The molecule has 0 amide bonds. The Bertz CT molecular complexity index is 453. The first kappa shape index (κ1) is 23.5. The SMILES string of the molecule is CCNC(=NCCN(C(C)C)C1CC1)N1CCCC(C(=O)OCC)C1.I. The van der Waals surface area contributed by atoms with E-state index in [9.17, 15) is 4.79 Å². The summed E-state index contributed by atoms with van der Waals surface area (Å²) in [5.41, 5.74) is 0. The summed E-state index contributed by atoms with van der Waals surface area (Å²) in [6, 6.07) is 1.34. The monoisotopic (exact) mass is 480 g/mol. The number of piperidine rings is 1. The van der Waals surface area contributed by atoms with E-state index < -0.39 is 0 Å². The molecule has 1 heterocycles. The highest BCUT2D eigenvalue weighted by atomic mass is 127. The average Bonchev–Trinajstić information content (AvgIpc) is 3.42. The van der Waals surface area contributed by atoms with Crippen molar-refractivity contribution in [1.82, 2.24) is 15.1 Å². The van der Waals surface area contributed by atoms with Gasteiger partial charge in [0.15, 0.2) is 5.96 Å². The van der Waals surface area contributed by atoms with Gasteiger partial charge >= 0.3 is 5.97 Å². The van der Waals surface area contributed by atoms with Crippen molar-refractivity contribution < 1.29 is 9.53 Å². The maximum absolute atomic E-state index is 12.1. The molecule has 0 bridgehead atoms. The van der Waals surface area contributed by atoms with Crippen molar-refractivity contribution in [2.45, 2.75) is 65.5 Å². The molecule has 0 aromatic heterocycles. The normalized spacial score (nSPS) is 20.9. The summed E-state index contributed by atoms with van der Waals surface area (Å²) in [4.78, 5) is 21.7. The summed E-state index contributed by atoms with van der Waals surface area (Å²) >= 11 is 0. The van der Waals surface area contributed by atoms with Gasteiger partial charge in [0.2, 0.25) is 0 Å². The zero-order valence-electron chi connectivity index (χ0n) is 16.9. The molecule has 6 nitrogen and oxygen atoms in total. The van der Waals surface area contributed by atoms with Crippen molar-refractivity contribution in [3.63, 3.8) is 0 Å². The van der Waals surface area contributed by atoms with E-state index in [0.29, 0.717) is 19.2 Å². The van der Waals surface area contributed by atoms with E-state index in [1.165, 1.54) is 12.8 Å². The van der Waals surface area contributed by atoms with Crippen LogP contribution < -0.4 is 5.32 Å². The fraction of sp³-hybridized carbons (Fsp3) is 0.895. The minimum Gasteiger partial charge on any atom is -0.466 e. The molecular formula is C19H37IN4O2. The molecule has 0 spiro atoms. The highest BCUT2D eigenvalue weighted by Crippen LogP contribution is 2.28. The lowest BCUT2D eigenvalue weighted by Crippen LogP contribution is -2.48. The fourth-order valence-corrected chi connectivity index (χ4v) is 3.59. The van der Waals surface area contributed by atoms with E-state index in [1.54, 1.807) is 0 Å². The van der Waals surface area contributed by atoms with Crippen LogP contribution in [0.1, 0.15) is 53.4 Å². The van der Waals surface area contributed by atoms with E-state index in [0.717, 1.165) is 51.0 Å². The molecule has 2 rings (SSSR count). The average molecular weight is 480 g/mol. The van der Waals surface area contributed by atoms with Gasteiger partial charge in [0, 0.05) is 38.3 Å². The Morgan fingerprint density at radius 1 is 1.31 bits per heavy atom. The Morgan fingerprint density at radius 2 is 2.04 bits per heavy atom. The molecule has 1 aliphatic carbocycles. The minimum absolute atomic E-state index is 0. The van der Waals surface area contributed by atoms with Gasteiger partial charge in [-0.05, 0) is 53.4 Å². The number of carbonyl (C=O) groups excluding carboxylic acids is 1. The molecule has 26 heavy (non-hydrogen) atoms. The molecule has 1 N–H and O–H groups in total. The maximum Gasteiger partial charge on any atom is 0.310 e. The number of halogens is 1. The zero-order valence-corrected chi connectivity index (χ0v) is 19.2. The molecular weight excluding hydrogens is 443 g/mol. The van der Waals surface area contributed by atoms with Crippen LogP contribution in [0.2, 0.25) is 0 Å². The zero-order chi connectivity index (χ0) is 18.2. The summed E-state index contributed by atoms with van der Waals surface area (Å²) in [7, 11) is 0. The van der Waals surface area contributed by atoms with Crippen LogP contribution >= 0.6 is 24.0 Å². The summed E-state index contributed by atoms with van der Waals surface area (Å²) in [6.07, 6.45) is 4.58. The predicted octanol–water partition coefficient (Wildman–Crippen LogP) is 2.72. The first-order valence-electron chi connectivity index (χ1n) is 10.0. The lowest BCUT2D eigenvalue weighted by Gasteiger charge is -2.34. The number of nitrogens with zero attached hydrogens (tertiary/aromatic N) is 3. The van der Waals surface area contributed by atoms with Gasteiger partial charge in [-0.15, -0.1) is 24.0 Å². The lowest BCUT2D eigenvalue weighted by molar-refractivity contribution is -0.149. The van der Waals surface area contributed by atoms with Gasteiger partial charge in [-0.2, -0.15) is 0 Å². The molecule has 0 aromatic rings. The van der Waals surface area contributed by atoms with Gasteiger partial charge in [0.1, 0.15) is 0 Å². The van der Waals surface area contributed by atoms with Gasteiger partial charge in [-0.1, -0.05) is 0 Å². The number of rotatable bonds is 8. The first-order chi connectivity index (χ1) is 12.1. The fourth-order valence-electron chi connectivity index (χ4n) is 3.59. The summed E-state index contributed by atoms with van der Waals surface area (Å²) in [6.45, 7) is 13.3. The molecule has 7 heteroatoms. The number of carbonyl (C=O) groups is 1. The quantitative estimate of drug-likeness (QED) is 0.251. The Morgan fingerprint density at radius 3 is 2.62 bits per heavy atom. The Hall–Kier alpha value is -0.570. The first-order valence-corrected chi connectivity index (χ1v) is 10.0. The highest BCUT2D eigenvalue weighted by molar-refractivity contribution is 14.0. The third-order valence-electron chi connectivity index (χ3n) is 4.97. The second-order valence-electron chi connectivity index (χ2n) is 7.34. The number of ether oxygens (including phenoxy) is 1. The molecule has 1 atom stereocenters. The Balaban J connectivity index is 0.00000338. The number of guanidine groups is 1. The molecule has 0 radical (unpaired) electrons. The molecule has 1 unspecified atom stereocenters. The number of likely N-dealkylation sites (tertiary alicyclic amines) is 1. The highest BCUT2D eigenvalue weighted by Gasteiger charge is 2.31. The third-order valence-corrected chi connectivity index (χ3v) is 4.97. The van der Waals surface area contributed by atoms with Crippen molar-refractivity contribution in [3.8, 4) is 0 Å². The maximum atomic E-state index is 12.1. The molecule has 1 saturated carbocycles. The predicted molar refractivity (Wildman–Crippen MR) is 117 cm³/mol. The van der Waals surface area contributed by atoms with E-state index in [2.05, 4.69) is 35.9 Å². The standard InChI is InChI=1S/C19H36N4O2.HI/c1-5-20-19(21-11-13-23(15(3)4)17-9-10-17)22-12-7-8-16(14-22)18(24)25-6-2;/h15-17H,5-14H2,1-4H3,(H,20,21);1H. The summed E-state index contributed by atoms with van der Waals surface area (Å²) < 4.78 is 5.21. The number of nitrogens with one attached hydrogen (secondary N) is 1. The van der Waals surface area contributed by atoms with E-state index in [-0.39, 0.29) is 35.9 Å². The Kier molecular flexibility index (Phi) is 10.8. The van der Waals surface area contributed by atoms with Crippen molar-refractivity contribution in [3.05, 3.63) is 0 Å². The van der Waals surface area contributed by atoms with Crippen LogP contribution in [-0.4, -0.2) is 73.1 Å². The van der Waals surface area contributed by atoms with Crippen molar-refractivity contribution in [2.24, 2.45) is 10.9 Å². The molecule has 152 valence electrons. The van der Waals surface area contributed by atoms with Gasteiger partial charge in [0.25, 0.3) is 0 Å².